The first kappa shape index (κ1) is 18.8. The first-order valence-corrected chi connectivity index (χ1v) is 6.56. The van der Waals surface area contributed by atoms with E-state index in [1.807, 2.05) is 0 Å². The van der Waals surface area contributed by atoms with Gasteiger partial charge in [0, 0.05) is 13.0 Å². The minimum absolute atomic E-state index is 0.135. The zero-order chi connectivity index (χ0) is 16.4. The Morgan fingerprint density at radius 1 is 1.10 bits per heavy atom. The fourth-order valence-electron chi connectivity index (χ4n) is 1.32. The third-order valence-electron chi connectivity index (χ3n) is 2.48. The highest BCUT2D eigenvalue weighted by Gasteiger charge is 2.15. The minimum Gasteiger partial charge on any atom is -0.480 e. The molecule has 21 heavy (non-hydrogen) atoms. The van der Waals surface area contributed by atoms with E-state index in [1.165, 1.54) is 6.92 Å². The van der Waals surface area contributed by atoms with Gasteiger partial charge >= 0.3 is 5.97 Å². The van der Waals surface area contributed by atoms with Gasteiger partial charge < -0.3 is 26.8 Å². The normalized spacial score (nSPS) is 12.9. The second-order valence-corrected chi connectivity index (χ2v) is 4.58. The van der Waals surface area contributed by atoms with Crippen LogP contribution in [0.2, 0.25) is 0 Å². The van der Waals surface area contributed by atoms with E-state index in [4.69, 9.17) is 10.8 Å². The fourth-order valence-corrected chi connectivity index (χ4v) is 1.32. The van der Waals surface area contributed by atoms with Crippen LogP contribution in [-0.2, 0) is 19.2 Å². The second kappa shape index (κ2) is 9.70. The third-order valence-corrected chi connectivity index (χ3v) is 2.48. The molecule has 0 bridgehead atoms. The Hall–Kier alpha value is -2.16. The van der Waals surface area contributed by atoms with Gasteiger partial charge in [-0.15, -0.1) is 0 Å². The quantitative estimate of drug-likeness (QED) is 0.244. The van der Waals surface area contributed by atoms with Crippen molar-refractivity contribution in [2.24, 2.45) is 5.73 Å². The van der Waals surface area contributed by atoms with Gasteiger partial charge in [0.2, 0.25) is 17.7 Å². The maximum absolute atomic E-state index is 11.5. The van der Waals surface area contributed by atoms with Gasteiger partial charge in [-0.25, -0.2) is 0 Å². The maximum atomic E-state index is 11.5. The van der Waals surface area contributed by atoms with Crippen LogP contribution in [0.5, 0.6) is 0 Å². The fraction of sp³-hybridized carbons (Fsp3) is 0.667. The van der Waals surface area contributed by atoms with Crippen LogP contribution >= 0.6 is 0 Å². The minimum atomic E-state index is -1.16. The molecule has 0 heterocycles. The lowest BCUT2D eigenvalue weighted by atomic mass is 10.2. The highest BCUT2D eigenvalue weighted by Crippen LogP contribution is 1.91. The van der Waals surface area contributed by atoms with Gasteiger partial charge in [-0.2, -0.15) is 0 Å². The average molecular weight is 303 g/mol. The molecule has 0 aromatic carbocycles. The molecule has 0 radical (unpaired) electrons. The summed E-state index contributed by atoms with van der Waals surface area (Å²) in [6, 6.07) is -1.42. The van der Waals surface area contributed by atoms with Gasteiger partial charge in [0.1, 0.15) is 12.6 Å². The molecule has 9 nitrogen and oxygen atoms in total. The van der Waals surface area contributed by atoms with Crippen LogP contribution < -0.4 is 21.7 Å². The van der Waals surface area contributed by atoms with Gasteiger partial charge in [0.05, 0.1) is 6.04 Å². The van der Waals surface area contributed by atoms with Crippen molar-refractivity contribution in [2.75, 3.05) is 13.1 Å². The zero-order valence-electron chi connectivity index (χ0n) is 12.1. The summed E-state index contributed by atoms with van der Waals surface area (Å²) in [6.07, 6.45) is 0.545. The van der Waals surface area contributed by atoms with Crippen molar-refractivity contribution in [3.8, 4) is 0 Å². The highest BCUT2D eigenvalue weighted by atomic mass is 16.4. The van der Waals surface area contributed by atoms with Crippen LogP contribution in [0.15, 0.2) is 0 Å². The maximum Gasteiger partial charge on any atom is 0.322 e. The third kappa shape index (κ3) is 9.38. The Bertz CT molecular complexity index is 397. The Balaban J connectivity index is 3.85. The summed E-state index contributed by atoms with van der Waals surface area (Å²) in [5.74, 6) is -2.39. The molecule has 0 saturated carbocycles. The zero-order valence-corrected chi connectivity index (χ0v) is 12.1. The molecule has 0 fully saturated rings. The SMILES string of the molecule is C[C@H](NC(=O)CCCN[13C](=O)[C@H](C)N)C(=O)NCC(=O)O. The molecule has 0 aliphatic heterocycles. The average Bonchev–Trinajstić information content (AvgIpc) is 2.40. The van der Waals surface area contributed by atoms with Gasteiger partial charge in [0.15, 0.2) is 0 Å². The van der Waals surface area contributed by atoms with E-state index < -0.39 is 30.5 Å². The Morgan fingerprint density at radius 2 is 1.71 bits per heavy atom. The van der Waals surface area contributed by atoms with Crippen molar-refractivity contribution in [1.82, 2.24) is 16.0 Å². The van der Waals surface area contributed by atoms with Crippen LogP contribution in [0.25, 0.3) is 0 Å². The lowest BCUT2D eigenvalue weighted by Gasteiger charge is -2.13. The molecule has 0 aromatic rings. The van der Waals surface area contributed by atoms with Gasteiger partial charge in [0.25, 0.3) is 0 Å². The molecule has 6 N–H and O–H groups in total. The van der Waals surface area contributed by atoms with Gasteiger partial charge in [-0.3, -0.25) is 19.2 Å². The topological polar surface area (TPSA) is 151 Å². The summed E-state index contributed by atoms with van der Waals surface area (Å²) < 4.78 is 0. The summed E-state index contributed by atoms with van der Waals surface area (Å²) in [6.45, 7) is 2.82. The molecular weight excluding hydrogens is 281 g/mol. The van der Waals surface area contributed by atoms with Crippen LogP contribution in [0.1, 0.15) is 26.7 Å². The summed E-state index contributed by atoms with van der Waals surface area (Å²) in [7, 11) is 0. The van der Waals surface area contributed by atoms with Gasteiger partial charge in [-0.05, 0) is 20.3 Å². The molecule has 0 spiro atoms. The molecule has 0 saturated heterocycles. The Kier molecular flexibility index (Phi) is 8.70. The number of rotatable bonds is 9. The molecule has 3 amide bonds. The summed E-state index contributed by atoms with van der Waals surface area (Å²) in [5, 5.41) is 15.6. The number of amides is 3. The van der Waals surface area contributed by atoms with Crippen LogP contribution in [0.4, 0.5) is 0 Å². The van der Waals surface area contributed by atoms with Crippen LogP contribution in [0.3, 0.4) is 0 Å². The van der Waals surface area contributed by atoms with E-state index in [9.17, 15) is 19.2 Å². The van der Waals surface area contributed by atoms with E-state index in [2.05, 4.69) is 16.0 Å². The first-order valence-electron chi connectivity index (χ1n) is 6.56. The second-order valence-electron chi connectivity index (χ2n) is 4.58. The van der Waals surface area contributed by atoms with Crippen LogP contribution in [0, 0.1) is 0 Å². The molecule has 0 rings (SSSR count). The highest BCUT2D eigenvalue weighted by molar-refractivity contribution is 5.89. The number of carbonyl (C=O) groups excluding carboxylic acids is 3. The van der Waals surface area contributed by atoms with E-state index in [1.54, 1.807) is 6.92 Å². The Labute approximate surface area is 122 Å². The predicted molar refractivity (Wildman–Crippen MR) is 74.1 cm³/mol. The van der Waals surface area contributed by atoms with Gasteiger partial charge in [-0.1, -0.05) is 0 Å². The number of aliphatic carboxylic acids is 1. The molecule has 2 atom stereocenters. The molecule has 0 unspecified atom stereocenters. The van der Waals surface area contributed by atoms with Crippen molar-refractivity contribution < 1.29 is 24.3 Å². The standard InChI is InChI=1S/C12H22N4O5/c1-7(13)11(20)14-5-3-4-9(17)16-8(2)12(21)15-6-10(18)19/h7-8H,3-6,13H2,1-2H3,(H,14,20)(H,15,21)(H,16,17)(H,18,19)/t7-,8-/m0/s1/i11+1. The van der Waals surface area contributed by atoms with Crippen LogP contribution in [-0.4, -0.2) is 54.0 Å². The lowest BCUT2D eigenvalue weighted by molar-refractivity contribution is -0.138. The number of carboxylic acid groups (broad SMARTS) is 1. The number of hydrogen-bond acceptors (Lipinski definition) is 5. The number of carboxylic acids is 1. The molecule has 120 valence electrons. The number of nitrogens with two attached hydrogens (primary N) is 1. The first-order chi connectivity index (χ1) is 9.73. The summed E-state index contributed by atoms with van der Waals surface area (Å²) in [4.78, 5) is 44.4. The number of carbonyl (C=O) groups is 4. The van der Waals surface area contributed by atoms with Crippen molar-refractivity contribution in [3.05, 3.63) is 0 Å². The summed E-state index contributed by atoms with van der Waals surface area (Å²) >= 11 is 0. The molecule has 9 heteroatoms. The molecule has 0 aromatic heterocycles. The van der Waals surface area contributed by atoms with Crippen molar-refractivity contribution in [2.45, 2.75) is 38.8 Å². The van der Waals surface area contributed by atoms with E-state index in [-0.39, 0.29) is 18.2 Å². The van der Waals surface area contributed by atoms with Crippen molar-refractivity contribution in [3.63, 3.8) is 0 Å². The number of nitrogens with one attached hydrogen (secondary N) is 3. The number of hydrogen-bond donors (Lipinski definition) is 5. The predicted octanol–water partition coefficient (Wildman–Crippen LogP) is -2.06. The smallest absolute Gasteiger partial charge is 0.322 e. The lowest BCUT2D eigenvalue weighted by Crippen LogP contribution is -2.46. The molecular formula is C12H22N4O5. The summed E-state index contributed by atoms with van der Waals surface area (Å²) in [5.41, 5.74) is 5.35. The monoisotopic (exact) mass is 303 g/mol. The van der Waals surface area contributed by atoms with Crippen molar-refractivity contribution in [1.29, 1.82) is 0 Å². The Morgan fingerprint density at radius 3 is 2.24 bits per heavy atom. The molecule has 0 aliphatic carbocycles. The largest absolute Gasteiger partial charge is 0.480 e. The van der Waals surface area contributed by atoms with E-state index in [0.717, 1.165) is 0 Å². The van der Waals surface area contributed by atoms with E-state index in [0.29, 0.717) is 13.0 Å². The molecule has 0 aliphatic rings. The van der Waals surface area contributed by atoms with E-state index >= 15 is 0 Å². The van der Waals surface area contributed by atoms with Crippen molar-refractivity contribution >= 4 is 23.7 Å².